The molecular formula is C14H12FNO3. The van der Waals surface area contributed by atoms with Gasteiger partial charge in [-0.25, -0.2) is 4.39 Å². The molecule has 2 rings (SSSR count). The molecule has 0 aromatic heterocycles. The number of rotatable bonds is 3. The maximum atomic E-state index is 13.5. The fourth-order valence-corrected chi connectivity index (χ4v) is 1.58. The first kappa shape index (κ1) is 13.0. The van der Waals surface area contributed by atoms with Crippen LogP contribution in [0.4, 0.5) is 10.1 Å². The average Bonchev–Trinajstić information content (AvgIpc) is 2.39. The minimum Gasteiger partial charge on any atom is -0.508 e. The number of hydrogen-bond donors (Lipinski definition) is 3. The standard InChI is InChI=1S/C14H12FNO3/c15-13-7-11(18)5-6-12(13)14(19)16-10-3-1-9(8-17)2-4-10/h1-7,17-18H,8H2,(H,16,19). The second-order valence-corrected chi connectivity index (χ2v) is 3.97. The second kappa shape index (κ2) is 5.49. The Morgan fingerprint density at radius 3 is 2.42 bits per heavy atom. The number of aromatic hydroxyl groups is 1. The predicted octanol–water partition coefficient (Wildman–Crippen LogP) is 2.28. The first-order valence-electron chi connectivity index (χ1n) is 5.60. The number of hydrogen-bond acceptors (Lipinski definition) is 3. The van der Waals surface area contributed by atoms with Crippen molar-refractivity contribution in [3.8, 4) is 5.75 Å². The van der Waals surface area contributed by atoms with Gasteiger partial charge in [0.1, 0.15) is 11.6 Å². The summed E-state index contributed by atoms with van der Waals surface area (Å²) in [6.07, 6.45) is 0. The zero-order chi connectivity index (χ0) is 13.8. The van der Waals surface area contributed by atoms with E-state index in [2.05, 4.69) is 5.32 Å². The molecule has 0 atom stereocenters. The highest BCUT2D eigenvalue weighted by molar-refractivity contribution is 6.04. The molecule has 0 aliphatic carbocycles. The molecule has 0 aliphatic rings. The first-order chi connectivity index (χ1) is 9.10. The number of nitrogens with one attached hydrogen (secondary N) is 1. The van der Waals surface area contributed by atoms with Crippen molar-refractivity contribution in [2.45, 2.75) is 6.61 Å². The van der Waals surface area contributed by atoms with Crippen molar-refractivity contribution in [1.29, 1.82) is 0 Å². The molecule has 4 nitrogen and oxygen atoms in total. The van der Waals surface area contributed by atoms with E-state index in [-0.39, 0.29) is 17.9 Å². The third-order valence-electron chi connectivity index (χ3n) is 2.59. The summed E-state index contributed by atoms with van der Waals surface area (Å²) >= 11 is 0. The Bertz CT molecular complexity index is 596. The van der Waals surface area contributed by atoms with Gasteiger partial charge in [0.2, 0.25) is 0 Å². The number of anilines is 1. The fraction of sp³-hybridized carbons (Fsp3) is 0.0714. The molecule has 1 amide bonds. The summed E-state index contributed by atoms with van der Waals surface area (Å²) in [4.78, 5) is 11.8. The first-order valence-corrected chi connectivity index (χ1v) is 5.60. The van der Waals surface area contributed by atoms with Crippen LogP contribution in [0.25, 0.3) is 0 Å². The van der Waals surface area contributed by atoms with Gasteiger partial charge < -0.3 is 15.5 Å². The van der Waals surface area contributed by atoms with Crippen LogP contribution in [-0.2, 0) is 6.61 Å². The summed E-state index contributed by atoms with van der Waals surface area (Å²) < 4.78 is 13.5. The zero-order valence-corrected chi connectivity index (χ0v) is 9.93. The number of carbonyl (C=O) groups excluding carboxylic acids is 1. The molecule has 2 aromatic carbocycles. The summed E-state index contributed by atoms with van der Waals surface area (Å²) in [7, 11) is 0. The highest BCUT2D eigenvalue weighted by atomic mass is 19.1. The Morgan fingerprint density at radius 1 is 1.16 bits per heavy atom. The third kappa shape index (κ3) is 3.08. The summed E-state index contributed by atoms with van der Waals surface area (Å²) in [5.41, 5.74) is 1.06. The Labute approximate surface area is 109 Å². The van der Waals surface area contributed by atoms with Gasteiger partial charge in [-0.3, -0.25) is 4.79 Å². The fourth-order valence-electron chi connectivity index (χ4n) is 1.58. The molecule has 0 bridgehead atoms. The molecule has 19 heavy (non-hydrogen) atoms. The normalized spacial score (nSPS) is 10.2. The maximum absolute atomic E-state index is 13.5. The van der Waals surface area contributed by atoms with Crippen LogP contribution in [0.1, 0.15) is 15.9 Å². The maximum Gasteiger partial charge on any atom is 0.258 e. The predicted molar refractivity (Wildman–Crippen MR) is 68.4 cm³/mol. The lowest BCUT2D eigenvalue weighted by atomic mass is 10.1. The molecule has 0 aliphatic heterocycles. The van der Waals surface area contributed by atoms with Gasteiger partial charge in [0.05, 0.1) is 12.2 Å². The van der Waals surface area contributed by atoms with E-state index in [1.54, 1.807) is 24.3 Å². The minimum absolute atomic E-state index is 0.0825. The van der Waals surface area contributed by atoms with E-state index < -0.39 is 11.7 Å². The van der Waals surface area contributed by atoms with Crippen molar-refractivity contribution < 1.29 is 19.4 Å². The molecule has 3 N–H and O–H groups in total. The van der Waals surface area contributed by atoms with E-state index in [4.69, 9.17) is 10.2 Å². The largest absolute Gasteiger partial charge is 0.508 e. The van der Waals surface area contributed by atoms with Crippen LogP contribution >= 0.6 is 0 Å². The quantitative estimate of drug-likeness (QED) is 0.793. The molecule has 2 aromatic rings. The van der Waals surface area contributed by atoms with Crippen molar-refractivity contribution in [3.63, 3.8) is 0 Å². The van der Waals surface area contributed by atoms with E-state index in [9.17, 15) is 9.18 Å². The average molecular weight is 261 g/mol. The number of phenolic OH excluding ortho intramolecular Hbond substituents is 1. The summed E-state index contributed by atoms with van der Waals surface area (Å²) in [5, 5.41) is 20.5. The van der Waals surface area contributed by atoms with Gasteiger partial charge in [0.25, 0.3) is 5.91 Å². The van der Waals surface area contributed by atoms with Crippen molar-refractivity contribution >= 4 is 11.6 Å². The smallest absolute Gasteiger partial charge is 0.258 e. The number of amides is 1. The topological polar surface area (TPSA) is 69.6 Å². The molecule has 0 heterocycles. The van der Waals surface area contributed by atoms with Gasteiger partial charge >= 0.3 is 0 Å². The highest BCUT2D eigenvalue weighted by Crippen LogP contribution is 2.17. The monoisotopic (exact) mass is 261 g/mol. The second-order valence-electron chi connectivity index (χ2n) is 3.97. The van der Waals surface area contributed by atoms with E-state index in [1.807, 2.05) is 0 Å². The Kier molecular flexibility index (Phi) is 3.77. The third-order valence-corrected chi connectivity index (χ3v) is 2.59. The Hall–Kier alpha value is -2.40. The number of benzene rings is 2. The Morgan fingerprint density at radius 2 is 1.84 bits per heavy atom. The summed E-state index contributed by atoms with van der Waals surface area (Å²) in [5.74, 6) is -1.62. The number of phenols is 1. The van der Waals surface area contributed by atoms with E-state index in [0.29, 0.717) is 11.3 Å². The molecule has 0 radical (unpaired) electrons. The summed E-state index contributed by atoms with van der Waals surface area (Å²) in [6, 6.07) is 9.87. The van der Waals surface area contributed by atoms with Crippen molar-refractivity contribution in [2.24, 2.45) is 0 Å². The molecular weight excluding hydrogens is 249 g/mol. The molecule has 98 valence electrons. The van der Waals surface area contributed by atoms with Gasteiger partial charge in [-0.15, -0.1) is 0 Å². The van der Waals surface area contributed by atoms with Crippen molar-refractivity contribution in [3.05, 3.63) is 59.4 Å². The molecule has 0 saturated carbocycles. The number of aliphatic hydroxyl groups excluding tert-OH is 1. The van der Waals surface area contributed by atoms with Crippen LogP contribution in [-0.4, -0.2) is 16.1 Å². The van der Waals surface area contributed by atoms with Gasteiger partial charge in [0, 0.05) is 11.8 Å². The molecule has 5 heteroatoms. The molecule has 0 unspecified atom stereocenters. The van der Waals surface area contributed by atoms with Crippen LogP contribution in [0.2, 0.25) is 0 Å². The van der Waals surface area contributed by atoms with Gasteiger partial charge in [-0.2, -0.15) is 0 Å². The van der Waals surface area contributed by atoms with Crippen LogP contribution < -0.4 is 5.32 Å². The summed E-state index contributed by atoms with van der Waals surface area (Å²) in [6.45, 7) is -0.0825. The lowest BCUT2D eigenvalue weighted by Crippen LogP contribution is -2.13. The van der Waals surface area contributed by atoms with Crippen molar-refractivity contribution in [2.75, 3.05) is 5.32 Å². The number of carbonyl (C=O) groups is 1. The SMILES string of the molecule is O=C(Nc1ccc(CO)cc1)c1ccc(O)cc1F. The van der Waals surface area contributed by atoms with Crippen molar-refractivity contribution in [1.82, 2.24) is 0 Å². The van der Waals surface area contributed by atoms with Crippen LogP contribution in [0, 0.1) is 5.82 Å². The van der Waals surface area contributed by atoms with Gasteiger partial charge in [-0.1, -0.05) is 12.1 Å². The molecule has 0 spiro atoms. The number of halogens is 1. The highest BCUT2D eigenvalue weighted by Gasteiger charge is 2.12. The van der Waals surface area contributed by atoms with E-state index in [0.717, 1.165) is 6.07 Å². The minimum atomic E-state index is -0.788. The Balaban J connectivity index is 2.15. The zero-order valence-electron chi connectivity index (χ0n) is 9.93. The molecule has 0 saturated heterocycles. The van der Waals surface area contributed by atoms with Crippen LogP contribution in [0.5, 0.6) is 5.75 Å². The lowest BCUT2D eigenvalue weighted by Gasteiger charge is -2.07. The lowest BCUT2D eigenvalue weighted by molar-refractivity contribution is 0.102. The van der Waals surface area contributed by atoms with Gasteiger partial charge in [0.15, 0.2) is 0 Å². The molecule has 0 fully saturated rings. The van der Waals surface area contributed by atoms with E-state index >= 15 is 0 Å². The van der Waals surface area contributed by atoms with Gasteiger partial charge in [-0.05, 0) is 29.8 Å². The van der Waals surface area contributed by atoms with Crippen LogP contribution in [0.3, 0.4) is 0 Å². The number of aliphatic hydroxyl groups is 1. The van der Waals surface area contributed by atoms with Crippen LogP contribution in [0.15, 0.2) is 42.5 Å². The van der Waals surface area contributed by atoms with E-state index in [1.165, 1.54) is 12.1 Å².